The number of carbonyl (C=O) groups excluding carboxylic acids is 2. The summed E-state index contributed by atoms with van der Waals surface area (Å²) in [5.74, 6) is 1.21. The third-order valence-corrected chi connectivity index (χ3v) is 5.63. The van der Waals surface area contributed by atoms with Crippen LogP contribution in [0.15, 0.2) is 66.9 Å². The number of carbonyl (C=O) groups is 2. The fraction of sp³-hybridized carbons (Fsp3) is 0.320. The van der Waals surface area contributed by atoms with Gasteiger partial charge in [0.25, 0.3) is 0 Å². The van der Waals surface area contributed by atoms with E-state index in [9.17, 15) is 9.59 Å². The molecule has 2 amide bonds. The van der Waals surface area contributed by atoms with E-state index in [-0.39, 0.29) is 23.7 Å². The minimum absolute atomic E-state index is 0.0227. The van der Waals surface area contributed by atoms with Crippen LogP contribution in [-0.4, -0.2) is 16.8 Å². The molecule has 0 radical (unpaired) electrons. The molecule has 0 bridgehead atoms. The fourth-order valence-electron chi connectivity index (χ4n) is 3.79. The molecule has 2 atom stereocenters. The first-order valence-corrected chi connectivity index (χ1v) is 10.8. The third kappa shape index (κ3) is 5.81. The average molecular weight is 418 g/mol. The highest BCUT2D eigenvalue weighted by molar-refractivity contribution is 5.93. The van der Waals surface area contributed by atoms with Crippen molar-refractivity contribution in [1.82, 2.24) is 4.98 Å². The summed E-state index contributed by atoms with van der Waals surface area (Å²) in [5.41, 5.74) is 1.40. The Bertz CT molecular complexity index is 885. The summed E-state index contributed by atoms with van der Waals surface area (Å²) in [6.07, 6.45) is 15.2. The van der Waals surface area contributed by atoms with Crippen LogP contribution >= 0.6 is 0 Å². The molecule has 31 heavy (non-hydrogen) atoms. The normalized spacial score (nSPS) is 20.1. The van der Waals surface area contributed by atoms with Crippen LogP contribution in [0.2, 0.25) is 0 Å². The summed E-state index contributed by atoms with van der Waals surface area (Å²) in [5, 5.41) is 5.89. The number of nitrogens with zero attached hydrogens (tertiary/aromatic N) is 1. The van der Waals surface area contributed by atoms with Crippen molar-refractivity contribution in [2.45, 2.75) is 38.5 Å². The summed E-state index contributed by atoms with van der Waals surface area (Å²) < 4.78 is 5.78. The first kappa shape index (κ1) is 20.8. The molecule has 4 rings (SSSR count). The van der Waals surface area contributed by atoms with Gasteiger partial charge in [-0.2, -0.15) is 0 Å². The summed E-state index contributed by atoms with van der Waals surface area (Å²) in [6.45, 7) is 0. The SMILES string of the molecule is O=C(Nc1ccc(Oc2ccc(NC(=O)C3CC=CCC3)cn2)cc1)C1CC=CCC1. The van der Waals surface area contributed by atoms with E-state index in [2.05, 4.69) is 39.9 Å². The zero-order chi connectivity index (χ0) is 21.5. The monoisotopic (exact) mass is 417 g/mol. The van der Waals surface area contributed by atoms with E-state index in [4.69, 9.17) is 4.74 Å². The number of rotatable bonds is 6. The van der Waals surface area contributed by atoms with Gasteiger partial charge in [-0.25, -0.2) is 4.98 Å². The number of amides is 2. The lowest BCUT2D eigenvalue weighted by molar-refractivity contribution is -0.120. The topological polar surface area (TPSA) is 80.3 Å². The van der Waals surface area contributed by atoms with Crippen LogP contribution < -0.4 is 15.4 Å². The predicted molar refractivity (Wildman–Crippen MR) is 121 cm³/mol. The molecule has 2 unspecified atom stereocenters. The molecule has 2 aliphatic carbocycles. The highest BCUT2D eigenvalue weighted by atomic mass is 16.5. The minimum atomic E-state index is 0.0227. The lowest BCUT2D eigenvalue weighted by atomic mass is 9.93. The molecule has 0 spiro atoms. The largest absolute Gasteiger partial charge is 0.439 e. The van der Waals surface area contributed by atoms with Crippen molar-refractivity contribution in [1.29, 1.82) is 0 Å². The molecule has 6 nitrogen and oxygen atoms in total. The Morgan fingerprint density at radius 3 is 1.87 bits per heavy atom. The van der Waals surface area contributed by atoms with Crippen LogP contribution in [0.25, 0.3) is 0 Å². The Morgan fingerprint density at radius 1 is 0.774 bits per heavy atom. The second kappa shape index (κ2) is 10.1. The standard InChI is InChI=1S/C25H27N3O3/c29-24(18-7-3-1-4-8-18)27-20-11-14-22(15-12-20)31-23-16-13-21(17-26-23)28-25(30)19-9-5-2-6-10-19/h1-3,5,11-19H,4,6-10H2,(H,27,29)(H,28,30). The van der Waals surface area contributed by atoms with Gasteiger partial charge in [-0.05, 0) is 68.9 Å². The molecule has 0 fully saturated rings. The maximum Gasteiger partial charge on any atom is 0.227 e. The number of aromatic nitrogens is 1. The summed E-state index contributed by atoms with van der Waals surface area (Å²) in [6, 6.07) is 10.7. The van der Waals surface area contributed by atoms with Crippen molar-refractivity contribution in [2.75, 3.05) is 10.6 Å². The van der Waals surface area contributed by atoms with E-state index in [1.165, 1.54) is 0 Å². The van der Waals surface area contributed by atoms with Crippen LogP contribution in [0.1, 0.15) is 38.5 Å². The zero-order valence-corrected chi connectivity index (χ0v) is 17.4. The predicted octanol–water partition coefficient (Wildman–Crippen LogP) is 5.46. The van der Waals surface area contributed by atoms with E-state index in [1.807, 2.05) is 12.1 Å². The molecule has 0 aliphatic heterocycles. The number of pyridine rings is 1. The lowest BCUT2D eigenvalue weighted by Gasteiger charge is -2.17. The van der Waals surface area contributed by atoms with E-state index >= 15 is 0 Å². The number of ether oxygens (including phenoxy) is 1. The zero-order valence-electron chi connectivity index (χ0n) is 17.4. The molecule has 1 aromatic carbocycles. The molecule has 160 valence electrons. The Hall–Kier alpha value is -3.41. The highest BCUT2D eigenvalue weighted by Gasteiger charge is 2.19. The second-order valence-electron chi connectivity index (χ2n) is 7.95. The first-order chi connectivity index (χ1) is 15.2. The van der Waals surface area contributed by atoms with Gasteiger partial charge in [0.15, 0.2) is 0 Å². The van der Waals surface area contributed by atoms with E-state index in [0.29, 0.717) is 17.3 Å². The Balaban J connectivity index is 1.28. The van der Waals surface area contributed by atoms with Gasteiger partial charge >= 0.3 is 0 Å². The lowest BCUT2D eigenvalue weighted by Crippen LogP contribution is -2.23. The van der Waals surface area contributed by atoms with Crippen molar-refractivity contribution < 1.29 is 14.3 Å². The molecule has 6 heteroatoms. The van der Waals surface area contributed by atoms with E-state index in [1.54, 1.807) is 30.5 Å². The van der Waals surface area contributed by atoms with Crippen molar-refractivity contribution >= 4 is 23.2 Å². The van der Waals surface area contributed by atoms with Crippen LogP contribution in [0, 0.1) is 11.8 Å². The molecule has 2 aromatic rings. The van der Waals surface area contributed by atoms with E-state index < -0.39 is 0 Å². The van der Waals surface area contributed by atoms with Gasteiger partial charge in [0.1, 0.15) is 5.75 Å². The maximum absolute atomic E-state index is 12.3. The maximum atomic E-state index is 12.3. The fourth-order valence-corrected chi connectivity index (χ4v) is 3.79. The van der Waals surface area contributed by atoms with Crippen LogP contribution in [-0.2, 0) is 9.59 Å². The molecule has 2 N–H and O–H groups in total. The molecule has 2 aliphatic rings. The van der Waals surface area contributed by atoms with Gasteiger partial charge in [0.2, 0.25) is 17.7 Å². The van der Waals surface area contributed by atoms with E-state index in [0.717, 1.165) is 44.2 Å². The smallest absolute Gasteiger partial charge is 0.227 e. The van der Waals surface area contributed by atoms with Crippen molar-refractivity contribution in [3.8, 4) is 11.6 Å². The Morgan fingerprint density at radius 2 is 1.35 bits per heavy atom. The molecule has 1 aromatic heterocycles. The average Bonchev–Trinajstić information content (AvgIpc) is 2.82. The van der Waals surface area contributed by atoms with Crippen LogP contribution in [0.3, 0.4) is 0 Å². The number of nitrogens with one attached hydrogen (secondary N) is 2. The van der Waals surface area contributed by atoms with Gasteiger partial charge in [-0.15, -0.1) is 0 Å². The molecule has 0 saturated heterocycles. The van der Waals surface area contributed by atoms with Crippen molar-refractivity contribution in [2.24, 2.45) is 11.8 Å². The second-order valence-corrected chi connectivity index (χ2v) is 7.95. The third-order valence-electron chi connectivity index (χ3n) is 5.63. The van der Waals surface area contributed by atoms with Gasteiger partial charge in [-0.3, -0.25) is 9.59 Å². The molecule has 1 heterocycles. The molecular weight excluding hydrogens is 390 g/mol. The number of allylic oxidation sites excluding steroid dienone is 4. The number of hydrogen-bond donors (Lipinski definition) is 2. The quantitative estimate of drug-likeness (QED) is 0.611. The van der Waals surface area contributed by atoms with Crippen molar-refractivity contribution in [3.63, 3.8) is 0 Å². The minimum Gasteiger partial charge on any atom is -0.439 e. The summed E-state index contributed by atoms with van der Waals surface area (Å²) >= 11 is 0. The van der Waals surface area contributed by atoms with Gasteiger partial charge in [-0.1, -0.05) is 24.3 Å². The van der Waals surface area contributed by atoms with Crippen LogP contribution in [0.5, 0.6) is 11.6 Å². The van der Waals surface area contributed by atoms with Gasteiger partial charge in [0.05, 0.1) is 11.9 Å². The van der Waals surface area contributed by atoms with Gasteiger partial charge in [0, 0.05) is 23.6 Å². The molecular formula is C25H27N3O3. The number of benzene rings is 1. The first-order valence-electron chi connectivity index (χ1n) is 10.8. The highest BCUT2D eigenvalue weighted by Crippen LogP contribution is 2.25. The van der Waals surface area contributed by atoms with Gasteiger partial charge < -0.3 is 15.4 Å². The summed E-state index contributed by atoms with van der Waals surface area (Å²) in [4.78, 5) is 28.9. The Kier molecular flexibility index (Phi) is 6.77. The number of hydrogen-bond acceptors (Lipinski definition) is 4. The summed E-state index contributed by atoms with van der Waals surface area (Å²) in [7, 11) is 0. The molecule has 0 saturated carbocycles. The van der Waals surface area contributed by atoms with Crippen molar-refractivity contribution in [3.05, 3.63) is 66.9 Å². The Labute approximate surface area is 182 Å². The number of anilines is 2. The van der Waals surface area contributed by atoms with Crippen LogP contribution in [0.4, 0.5) is 11.4 Å².